The summed E-state index contributed by atoms with van der Waals surface area (Å²) in [6, 6.07) is 21.4. The smallest absolute Gasteiger partial charge is 0.253 e. The molecule has 0 saturated carbocycles. The summed E-state index contributed by atoms with van der Waals surface area (Å²) in [5.41, 5.74) is 5.76. The van der Waals surface area contributed by atoms with Crippen molar-refractivity contribution in [3.8, 4) is 28.3 Å². The molecular weight excluding hydrogens is 402 g/mol. The van der Waals surface area contributed by atoms with Crippen molar-refractivity contribution in [1.29, 1.82) is 0 Å². The molecule has 4 aromatic rings. The summed E-state index contributed by atoms with van der Waals surface area (Å²) < 4.78 is 10.7. The van der Waals surface area contributed by atoms with E-state index in [1.807, 2.05) is 66.7 Å². The molecule has 0 aliphatic carbocycles. The standard InChI is InChI=1S/C26H25N3O3/c1-17-5-8-22(25-28-27-18(2)32-25)15-24(17)20-9-11-21(12-10-20)26(30)29(3)16-19-6-13-23(31-4)14-7-19/h5-15H,16H2,1-4H3. The summed E-state index contributed by atoms with van der Waals surface area (Å²) in [5.74, 6) is 1.80. The molecule has 0 aliphatic heterocycles. The van der Waals surface area contributed by atoms with Gasteiger partial charge < -0.3 is 14.1 Å². The first-order chi connectivity index (χ1) is 15.4. The molecule has 0 saturated heterocycles. The van der Waals surface area contributed by atoms with E-state index in [1.54, 1.807) is 26.0 Å². The van der Waals surface area contributed by atoms with E-state index in [0.717, 1.165) is 33.6 Å². The lowest BCUT2D eigenvalue weighted by molar-refractivity contribution is 0.0785. The van der Waals surface area contributed by atoms with Crippen LogP contribution in [-0.2, 0) is 6.54 Å². The van der Waals surface area contributed by atoms with Crippen LogP contribution in [0.5, 0.6) is 5.75 Å². The number of amides is 1. The number of carbonyl (C=O) groups is 1. The SMILES string of the molecule is COc1ccc(CN(C)C(=O)c2ccc(-c3cc(-c4nnc(C)o4)ccc3C)cc2)cc1. The van der Waals surface area contributed by atoms with Crippen LogP contribution in [0.15, 0.2) is 71.1 Å². The fourth-order valence-electron chi connectivity index (χ4n) is 3.57. The maximum Gasteiger partial charge on any atom is 0.253 e. The molecule has 0 N–H and O–H groups in total. The lowest BCUT2D eigenvalue weighted by atomic mass is 9.97. The average Bonchev–Trinajstić information content (AvgIpc) is 3.25. The third-order valence-electron chi connectivity index (χ3n) is 5.38. The molecule has 0 aliphatic rings. The Balaban J connectivity index is 1.51. The number of hydrogen-bond donors (Lipinski definition) is 0. The highest BCUT2D eigenvalue weighted by atomic mass is 16.5. The maximum absolute atomic E-state index is 12.9. The maximum atomic E-state index is 12.9. The first-order valence-corrected chi connectivity index (χ1v) is 10.3. The van der Waals surface area contributed by atoms with Gasteiger partial charge in [-0.05, 0) is 65.6 Å². The molecule has 32 heavy (non-hydrogen) atoms. The Labute approximate surface area is 187 Å². The first-order valence-electron chi connectivity index (χ1n) is 10.3. The molecule has 3 aromatic carbocycles. The highest BCUT2D eigenvalue weighted by Crippen LogP contribution is 2.29. The molecule has 1 amide bonds. The fourth-order valence-corrected chi connectivity index (χ4v) is 3.57. The van der Waals surface area contributed by atoms with Crippen molar-refractivity contribution in [2.24, 2.45) is 0 Å². The summed E-state index contributed by atoms with van der Waals surface area (Å²) in [4.78, 5) is 14.6. The predicted molar refractivity (Wildman–Crippen MR) is 123 cm³/mol. The second kappa shape index (κ2) is 9.06. The number of hydrogen-bond acceptors (Lipinski definition) is 5. The van der Waals surface area contributed by atoms with Crippen molar-refractivity contribution in [2.75, 3.05) is 14.2 Å². The van der Waals surface area contributed by atoms with Crippen LogP contribution in [0.25, 0.3) is 22.6 Å². The van der Waals surface area contributed by atoms with Gasteiger partial charge in [0.05, 0.1) is 7.11 Å². The fraction of sp³-hybridized carbons (Fsp3) is 0.192. The van der Waals surface area contributed by atoms with Crippen LogP contribution in [0.3, 0.4) is 0 Å². The van der Waals surface area contributed by atoms with E-state index in [1.165, 1.54) is 0 Å². The van der Waals surface area contributed by atoms with Crippen LogP contribution in [0.1, 0.15) is 27.4 Å². The normalized spacial score (nSPS) is 10.8. The minimum atomic E-state index is -0.0285. The largest absolute Gasteiger partial charge is 0.497 e. The topological polar surface area (TPSA) is 68.5 Å². The Morgan fingerprint density at radius 1 is 0.938 bits per heavy atom. The molecule has 0 atom stereocenters. The third-order valence-corrected chi connectivity index (χ3v) is 5.38. The van der Waals surface area contributed by atoms with Crippen molar-refractivity contribution >= 4 is 5.91 Å². The zero-order valence-electron chi connectivity index (χ0n) is 18.6. The zero-order valence-corrected chi connectivity index (χ0v) is 18.6. The minimum Gasteiger partial charge on any atom is -0.497 e. The monoisotopic (exact) mass is 427 g/mol. The Hall–Kier alpha value is -3.93. The van der Waals surface area contributed by atoms with Gasteiger partial charge in [0.2, 0.25) is 11.8 Å². The lowest BCUT2D eigenvalue weighted by Gasteiger charge is -2.18. The molecule has 0 unspecified atom stereocenters. The van der Waals surface area contributed by atoms with Gasteiger partial charge in [-0.2, -0.15) is 0 Å². The van der Waals surface area contributed by atoms with E-state index >= 15 is 0 Å². The Morgan fingerprint density at radius 2 is 1.62 bits per heavy atom. The van der Waals surface area contributed by atoms with Gasteiger partial charge in [0, 0.05) is 31.6 Å². The van der Waals surface area contributed by atoms with Gasteiger partial charge in [-0.3, -0.25) is 4.79 Å². The van der Waals surface area contributed by atoms with Crippen molar-refractivity contribution in [3.63, 3.8) is 0 Å². The number of benzene rings is 3. The van der Waals surface area contributed by atoms with E-state index in [0.29, 0.717) is 23.9 Å². The Morgan fingerprint density at radius 3 is 2.25 bits per heavy atom. The van der Waals surface area contributed by atoms with Crippen molar-refractivity contribution in [2.45, 2.75) is 20.4 Å². The number of nitrogens with zero attached hydrogens (tertiary/aromatic N) is 3. The van der Waals surface area contributed by atoms with Crippen LogP contribution in [0.2, 0.25) is 0 Å². The predicted octanol–water partition coefficient (Wildman–Crippen LogP) is 5.30. The lowest BCUT2D eigenvalue weighted by Crippen LogP contribution is -2.26. The molecule has 1 aromatic heterocycles. The number of methoxy groups -OCH3 is 1. The van der Waals surface area contributed by atoms with Crippen molar-refractivity contribution in [3.05, 3.63) is 89.3 Å². The number of ether oxygens (including phenoxy) is 1. The van der Waals surface area contributed by atoms with Gasteiger partial charge in [-0.25, -0.2) is 0 Å². The van der Waals surface area contributed by atoms with E-state index in [4.69, 9.17) is 9.15 Å². The number of aromatic nitrogens is 2. The molecule has 0 radical (unpaired) electrons. The summed E-state index contributed by atoms with van der Waals surface area (Å²) in [6.45, 7) is 4.35. The van der Waals surface area contributed by atoms with Crippen molar-refractivity contribution in [1.82, 2.24) is 15.1 Å². The number of carbonyl (C=O) groups excluding carboxylic acids is 1. The Kier molecular flexibility index (Phi) is 6.03. The van der Waals surface area contributed by atoms with E-state index in [9.17, 15) is 4.79 Å². The second-order valence-corrected chi connectivity index (χ2v) is 7.74. The van der Waals surface area contributed by atoms with E-state index in [-0.39, 0.29) is 5.91 Å². The van der Waals surface area contributed by atoms with Gasteiger partial charge in [0.25, 0.3) is 5.91 Å². The number of rotatable bonds is 6. The molecule has 4 rings (SSSR count). The number of aryl methyl sites for hydroxylation is 2. The molecule has 0 bridgehead atoms. The Bertz CT molecular complexity index is 1230. The van der Waals surface area contributed by atoms with E-state index in [2.05, 4.69) is 17.1 Å². The van der Waals surface area contributed by atoms with Crippen LogP contribution < -0.4 is 4.74 Å². The van der Waals surface area contributed by atoms with E-state index < -0.39 is 0 Å². The van der Waals surface area contributed by atoms with Crippen LogP contribution in [0, 0.1) is 13.8 Å². The van der Waals surface area contributed by atoms with Gasteiger partial charge in [-0.15, -0.1) is 10.2 Å². The van der Waals surface area contributed by atoms with Crippen LogP contribution >= 0.6 is 0 Å². The summed E-state index contributed by atoms with van der Waals surface area (Å²) in [6.07, 6.45) is 0. The third kappa shape index (κ3) is 4.54. The minimum absolute atomic E-state index is 0.0285. The average molecular weight is 428 g/mol. The summed E-state index contributed by atoms with van der Waals surface area (Å²) in [7, 11) is 3.44. The molecule has 162 valence electrons. The first kappa shape index (κ1) is 21.3. The quantitative estimate of drug-likeness (QED) is 0.418. The molecule has 6 nitrogen and oxygen atoms in total. The summed E-state index contributed by atoms with van der Waals surface area (Å²) in [5, 5.41) is 8.02. The molecule has 0 spiro atoms. The summed E-state index contributed by atoms with van der Waals surface area (Å²) >= 11 is 0. The molecular formula is C26H25N3O3. The molecule has 1 heterocycles. The zero-order chi connectivity index (χ0) is 22.7. The molecule has 0 fully saturated rings. The second-order valence-electron chi connectivity index (χ2n) is 7.74. The van der Waals surface area contributed by atoms with Crippen LogP contribution in [0.4, 0.5) is 0 Å². The van der Waals surface area contributed by atoms with Gasteiger partial charge in [-0.1, -0.05) is 30.3 Å². The highest BCUT2D eigenvalue weighted by Gasteiger charge is 2.14. The van der Waals surface area contributed by atoms with Gasteiger partial charge in [0.15, 0.2) is 0 Å². The highest BCUT2D eigenvalue weighted by molar-refractivity contribution is 5.94. The van der Waals surface area contributed by atoms with Crippen LogP contribution in [-0.4, -0.2) is 35.2 Å². The van der Waals surface area contributed by atoms with Crippen molar-refractivity contribution < 1.29 is 13.9 Å². The molecule has 6 heteroatoms. The van der Waals surface area contributed by atoms with Gasteiger partial charge >= 0.3 is 0 Å². The van der Waals surface area contributed by atoms with Gasteiger partial charge in [0.1, 0.15) is 5.75 Å².